The van der Waals surface area contributed by atoms with Gasteiger partial charge < -0.3 is 5.11 Å². The molecule has 0 amide bonds. The van der Waals surface area contributed by atoms with Crippen LogP contribution in [0.15, 0.2) is 6.07 Å². The zero-order chi connectivity index (χ0) is 11.7. The minimum Gasteiger partial charge on any atom is -0.481 e. The number of benzene rings is 1. The maximum atomic E-state index is 13.7. The van der Waals surface area contributed by atoms with Gasteiger partial charge in [0, 0.05) is 5.56 Å². The van der Waals surface area contributed by atoms with Crippen LogP contribution in [0.1, 0.15) is 29.5 Å². The van der Waals surface area contributed by atoms with E-state index in [2.05, 4.69) is 0 Å². The van der Waals surface area contributed by atoms with E-state index in [0.29, 0.717) is 5.56 Å². The quantitative estimate of drug-likeness (QED) is 0.847. The van der Waals surface area contributed by atoms with Gasteiger partial charge in [-0.15, -0.1) is 0 Å². The monoisotopic (exact) mass is 230 g/mol. The maximum Gasteiger partial charge on any atom is 0.310 e. The number of rotatable bonds is 2. The number of aryl methyl sites for hydroxylation is 1. The molecule has 0 aliphatic carbocycles. The minimum atomic E-state index is -1.06. The van der Waals surface area contributed by atoms with Crippen molar-refractivity contribution in [2.24, 2.45) is 0 Å². The Kier molecular flexibility index (Phi) is 3.35. The van der Waals surface area contributed by atoms with E-state index in [1.807, 2.05) is 0 Å². The average Bonchev–Trinajstić information content (AvgIpc) is 2.15. The third kappa shape index (κ3) is 2.12. The number of hydrogen-bond donors (Lipinski definition) is 1. The number of carbonyl (C=O) groups is 1. The Bertz CT molecular complexity index is 389. The van der Waals surface area contributed by atoms with E-state index >= 15 is 0 Å². The fourth-order valence-corrected chi connectivity index (χ4v) is 1.77. The Morgan fingerprint density at radius 2 is 2.07 bits per heavy atom. The summed E-state index contributed by atoms with van der Waals surface area (Å²) in [6.07, 6.45) is 0. The standard InChI is InChI=1S/C11H12ClFO2/c1-5-4-8(12)10(13)9(6(5)2)7(3)11(14)15/h4,7H,1-3H3,(H,14,15). The molecule has 0 bridgehead atoms. The van der Waals surface area contributed by atoms with Crippen molar-refractivity contribution in [3.63, 3.8) is 0 Å². The molecule has 1 N–H and O–H groups in total. The summed E-state index contributed by atoms with van der Waals surface area (Å²) in [5, 5.41) is 8.83. The van der Waals surface area contributed by atoms with Crippen LogP contribution in [-0.2, 0) is 4.79 Å². The largest absolute Gasteiger partial charge is 0.481 e. The van der Waals surface area contributed by atoms with Crippen LogP contribution in [0.5, 0.6) is 0 Å². The SMILES string of the molecule is Cc1cc(Cl)c(F)c(C(C)C(=O)O)c1C. The number of carboxylic acids is 1. The summed E-state index contributed by atoms with van der Waals surface area (Å²) in [6.45, 7) is 4.92. The minimum absolute atomic E-state index is 0.0267. The first-order valence-corrected chi connectivity index (χ1v) is 4.92. The molecule has 0 spiro atoms. The summed E-state index contributed by atoms with van der Waals surface area (Å²) >= 11 is 5.67. The molecule has 0 heterocycles. The predicted molar refractivity (Wildman–Crippen MR) is 56.9 cm³/mol. The lowest BCUT2D eigenvalue weighted by Crippen LogP contribution is -2.12. The Labute approximate surface area is 92.7 Å². The molecule has 2 nitrogen and oxygen atoms in total. The Morgan fingerprint density at radius 3 is 2.53 bits per heavy atom. The number of hydrogen-bond acceptors (Lipinski definition) is 1. The zero-order valence-electron chi connectivity index (χ0n) is 8.77. The van der Waals surface area contributed by atoms with Crippen LogP contribution < -0.4 is 0 Å². The van der Waals surface area contributed by atoms with Crippen LogP contribution in [0.3, 0.4) is 0 Å². The molecule has 0 radical (unpaired) electrons. The first kappa shape index (κ1) is 12.0. The second-order valence-electron chi connectivity index (χ2n) is 3.59. The van der Waals surface area contributed by atoms with Crippen LogP contribution in [0, 0.1) is 19.7 Å². The molecular formula is C11H12ClFO2. The van der Waals surface area contributed by atoms with E-state index in [4.69, 9.17) is 16.7 Å². The van der Waals surface area contributed by atoms with Gasteiger partial charge in [0.25, 0.3) is 0 Å². The summed E-state index contributed by atoms with van der Waals surface area (Å²) in [7, 11) is 0. The van der Waals surface area contributed by atoms with Crippen LogP contribution in [0.2, 0.25) is 5.02 Å². The van der Waals surface area contributed by atoms with Crippen molar-refractivity contribution in [1.82, 2.24) is 0 Å². The smallest absolute Gasteiger partial charge is 0.310 e. The summed E-state index contributed by atoms with van der Waals surface area (Å²) < 4.78 is 13.7. The fourth-order valence-electron chi connectivity index (χ4n) is 1.51. The third-order valence-electron chi connectivity index (χ3n) is 2.59. The maximum absolute atomic E-state index is 13.7. The van der Waals surface area contributed by atoms with E-state index in [0.717, 1.165) is 5.56 Å². The Balaban J connectivity index is 3.45. The van der Waals surface area contributed by atoms with Gasteiger partial charge in [-0.3, -0.25) is 4.79 Å². The van der Waals surface area contributed by atoms with Crippen LogP contribution in [0.25, 0.3) is 0 Å². The molecule has 1 atom stereocenters. The molecule has 1 unspecified atom stereocenters. The van der Waals surface area contributed by atoms with Crippen molar-refractivity contribution in [3.8, 4) is 0 Å². The van der Waals surface area contributed by atoms with Gasteiger partial charge in [-0.1, -0.05) is 11.6 Å². The molecule has 15 heavy (non-hydrogen) atoms. The highest BCUT2D eigenvalue weighted by Crippen LogP contribution is 2.30. The summed E-state index contributed by atoms with van der Waals surface area (Å²) in [4.78, 5) is 10.8. The van der Waals surface area contributed by atoms with Gasteiger partial charge in [0.05, 0.1) is 10.9 Å². The first-order chi connectivity index (χ1) is 6.86. The predicted octanol–water partition coefficient (Wildman–Crippen LogP) is 3.28. The van der Waals surface area contributed by atoms with Crippen molar-refractivity contribution in [1.29, 1.82) is 0 Å². The molecule has 82 valence electrons. The number of carboxylic acid groups (broad SMARTS) is 1. The van der Waals surface area contributed by atoms with E-state index in [1.54, 1.807) is 13.8 Å². The molecule has 4 heteroatoms. The first-order valence-electron chi connectivity index (χ1n) is 4.54. The molecule has 0 aliphatic heterocycles. The molecular weight excluding hydrogens is 219 g/mol. The molecule has 0 fully saturated rings. The molecule has 1 rings (SSSR count). The Morgan fingerprint density at radius 1 is 1.53 bits per heavy atom. The number of aliphatic carboxylic acids is 1. The van der Waals surface area contributed by atoms with E-state index < -0.39 is 17.7 Å². The second kappa shape index (κ2) is 4.19. The van der Waals surface area contributed by atoms with E-state index in [9.17, 15) is 9.18 Å². The lowest BCUT2D eigenvalue weighted by molar-refractivity contribution is -0.138. The summed E-state index contributed by atoms with van der Waals surface area (Å²) in [6, 6.07) is 1.50. The van der Waals surface area contributed by atoms with Gasteiger partial charge in [0.1, 0.15) is 5.82 Å². The average molecular weight is 231 g/mol. The third-order valence-corrected chi connectivity index (χ3v) is 2.86. The lowest BCUT2D eigenvalue weighted by atomic mass is 9.93. The van der Waals surface area contributed by atoms with Crippen molar-refractivity contribution in [2.75, 3.05) is 0 Å². The second-order valence-corrected chi connectivity index (χ2v) is 4.00. The highest BCUT2D eigenvalue weighted by molar-refractivity contribution is 6.31. The van der Waals surface area contributed by atoms with E-state index in [1.165, 1.54) is 13.0 Å². The van der Waals surface area contributed by atoms with Gasteiger partial charge >= 0.3 is 5.97 Å². The molecule has 0 saturated heterocycles. The van der Waals surface area contributed by atoms with Crippen molar-refractivity contribution >= 4 is 17.6 Å². The Hall–Kier alpha value is -1.09. The van der Waals surface area contributed by atoms with E-state index in [-0.39, 0.29) is 10.6 Å². The van der Waals surface area contributed by atoms with Gasteiger partial charge in [0.2, 0.25) is 0 Å². The topological polar surface area (TPSA) is 37.3 Å². The zero-order valence-corrected chi connectivity index (χ0v) is 9.52. The summed E-state index contributed by atoms with van der Waals surface area (Å²) in [5.74, 6) is -2.57. The molecule has 1 aromatic carbocycles. The van der Waals surface area contributed by atoms with Crippen molar-refractivity contribution < 1.29 is 14.3 Å². The molecule has 1 aromatic rings. The lowest BCUT2D eigenvalue weighted by Gasteiger charge is -2.14. The normalized spacial score (nSPS) is 12.6. The fraction of sp³-hybridized carbons (Fsp3) is 0.364. The highest BCUT2D eigenvalue weighted by Gasteiger charge is 2.23. The van der Waals surface area contributed by atoms with Gasteiger partial charge in [-0.2, -0.15) is 0 Å². The van der Waals surface area contributed by atoms with Gasteiger partial charge in [-0.25, -0.2) is 4.39 Å². The highest BCUT2D eigenvalue weighted by atomic mass is 35.5. The van der Waals surface area contributed by atoms with Gasteiger partial charge in [0.15, 0.2) is 0 Å². The van der Waals surface area contributed by atoms with Crippen LogP contribution in [0.4, 0.5) is 4.39 Å². The summed E-state index contributed by atoms with van der Waals surface area (Å²) in [5.41, 5.74) is 1.61. The number of halogens is 2. The van der Waals surface area contributed by atoms with Crippen molar-refractivity contribution in [2.45, 2.75) is 26.7 Å². The molecule has 0 saturated carbocycles. The molecule has 0 aromatic heterocycles. The molecule has 0 aliphatic rings. The van der Waals surface area contributed by atoms with Crippen LogP contribution in [-0.4, -0.2) is 11.1 Å². The van der Waals surface area contributed by atoms with Crippen LogP contribution >= 0.6 is 11.6 Å². The van der Waals surface area contributed by atoms with Gasteiger partial charge in [-0.05, 0) is 38.0 Å². The van der Waals surface area contributed by atoms with Crippen molar-refractivity contribution in [3.05, 3.63) is 33.6 Å².